The van der Waals surface area contributed by atoms with E-state index in [4.69, 9.17) is 4.98 Å². The SMILES string of the molecule is CC(C)(C)c1nc2ccccc2c2nnc(SCC(=O)NC3CCCCC3)n12. The van der Waals surface area contributed by atoms with E-state index >= 15 is 0 Å². The molecule has 148 valence electrons. The number of fused-ring (bicyclic) bond motifs is 3. The molecule has 0 bridgehead atoms. The van der Waals surface area contributed by atoms with Crippen LogP contribution in [0, 0.1) is 0 Å². The number of nitrogens with one attached hydrogen (secondary N) is 1. The molecule has 1 fully saturated rings. The Kier molecular flexibility index (Phi) is 5.27. The molecule has 1 aliphatic rings. The van der Waals surface area contributed by atoms with Crippen LogP contribution in [0.4, 0.5) is 0 Å². The minimum Gasteiger partial charge on any atom is -0.353 e. The number of nitrogens with zero attached hydrogens (tertiary/aromatic N) is 4. The average molecular weight is 398 g/mol. The van der Waals surface area contributed by atoms with Crippen molar-refractivity contribution in [2.75, 3.05) is 5.75 Å². The molecule has 1 aromatic carbocycles. The maximum Gasteiger partial charge on any atom is 0.230 e. The zero-order valence-electron chi connectivity index (χ0n) is 16.7. The van der Waals surface area contributed by atoms with Crippen LogP contribution in [0.15, 0.2) is 29.4 Å². The first kappa shape index (κ1) is 19.2. The second-order valence-electron chi connectivity index (χ2n) is 8.54. The number of para-hydroxylation sites is 1. The van der Waals surface area contributed by atoms with Gasteiger partial charge in [0.2, 0.25) is 5.91 Å². The first-order chi connectivity index (χ1) is 13.4. The highest BCUT2D eigenvalue weighted by Crippen LogP contribution is 2.29. The summed E-state index contributed by atoms with van der Waals surface area (Å²) in [6.45, 7) is 6.40. The van der Waals surface area contributed by atoms with Gasteiger partial charge in [0, 0.05) is 16.8 Å². The van der Waals surface area contributed by atoms with E-state index in [-0.39, 0.29) is 11.3 Å². The first-order valence-electron chi connectivity index (χ1n) is 10.00. The van der Waals surface area contributed by atoms with E-state index in [1.165, 1.54) is 31.0 Å². The molecular formula is C21H27N5OS. The van der Waals surface area contributed by atoms with Gasteiger partial charge in [-0.15, -0.1) is 10.2 Å². The van der Waals surface area contributed by atoms with Gasteiger partial charge in [0.1, 0.15) is 5.82 Å². The monoisotopic (exact) mass is 397 g/mol. The van der Waals surface area contributed by atoms with Gasteiger partial charge in [-0.1, -0.05) is 63.9 Å². The third-order valence-electron chi connectivity index (χ3n) is 5.19. The lowest BCUT2D eigenvalue weighted by Gasteiger charge is -2.22. The van der Waals surface area contributed by atoms with Crippen LogP contribution in [0.25, 0.3) is 16.6 Å². The average Bonchev–Trinajstić information content (AvgIpc) is 3.10. The van der Waals surface area contributed by atoms with Crippen molar-refractivity contribution in [2.45, 2.75) is 69.5 Å². The highest BCUT2D eigenvalue weighted by molar-refractivity contribution is 7.99. The number of hydrogen-bond donors (Lipinski definition) is 1. The van der Waals surface area contributed by atoms with E-state index in [1.54, 1.807) is 0 Å². The topological polar surface area (TPSA) is 72.2 Å². The van der Waals surface area contributed by atoms with Gasteiger partial charge in [0.25, 0.3) is 0 Å². The fraction of sp³-hybridized carbons (Fsp3) is 0.524. The van der Waals surface area contributed by atoms with Crippen molar-refractivity contribution in [1.82, 2.24) is 24.9 Å². The summed E-state index contributed by atoms with van der Waals surface area (Å²) in [5.41, 5.74) is 1.54. The van der Waals surface area contributed by atoms with Gasteiger partial charge < -0.3 is 5.32 Å². The Morgan fingerprint density at radius 2 is 1.93 bits per heavy atom. The molecule has 0 aliphatic heterocycles. The van der Waals surface area contributed by atoms with Crippen LogP contribution in [0.1, 0.15) is 58.7 Å². The number of hydrogen-bond acceptors (Lipinski definition) is 5. The number of carbonyl (C=O) groups excluding carboxylic acids is 1. The first-order valence-corrected chi connectivity index (χ1v) is 11.0. The van der Waals surface area contributed by atoms with Crippen LogP contribution in [-0.4, -0.2) is 37.3 Å². The number of aromatic nitrogens is 4. The van der Waals surface area contributed by atoms with Crippen LogP contribution in [-0.2, 0) is 10.2 Å². The maximum atomic E-state index is 12.4. The molecule has 7 heteroatoms. The molecular weight excluding hydrogens is 370 g/mol. The molecule has 28 heavy (non-hydrogen) atoms. The summed E-state index contributed by atoms with van der Waals surface area (Å²) in [5, 5.41) is 13.7. The van der Waals surface area contributed by atoms with Gasteiger partial charge in [-0.25, -0.2) is 4.98 Å². The summed E-state index contributed by atoms with van der Waals surface area (Å²) >= 11 is 1.43. The minimum atomic E-state index is -0.176. The molecule has 1 aliphatic carbocycles. The van der Waals surface area contributed by atoms with Gasteiger partial charge in [-0.05, 0) is 25.0 Å². The molecule has 0 spiro atoms. The van der Waals surface area contributed by atoms with E-state index < -0.39 is 0 Å². The molecule has 0 unspecified atom stereocenters. The van der Waals surface area contributed by atoms with Crippen LogP contribution < -0.4 is 5.32 Å². The van der Waals surface area contributed by atoms with E-state index in [1.807, 2.05) is 28.7 Å². The van der Waals surface area contributed by atoms with Gasteiger partial charge in [-0.2, -0.15) is 0 Å². The van der Waals surface area contributed by atoms with Crippen molar-refractivity contribution in [3.8, 4) is 0 Å². The zero-order chi connectivity index (χ0) is 19.7. The van der Waals surface area contributed by atoms with Crippen molar-refractivity contribution in [3.05, 3.63) is 30.1 Å². The largest absolute Gasteiger partial charge is 0.353 e. The Bertz CT molecular complexity index is 1000. The summed E-state index contributed by atoms with van der Waals surface area (Å²) in [6.07, 6.45) is 5.88. The van der Waals surface area contributed by atoms with Crippen LogP contribution in [0.3, 0.4) is 0 Å². The fourth-order valence-electron chi connectivity index (χ4n) is 3.80. The highest BCUT2D eigenvalue weighted by Gasteiger charge is 2.25. The molecule has 2 heterocycles. The molecule has 2 aromatic heterocycles. The normalized spacial score (nSPS) is 16.0. The quantitative estimate of drug-likeness (QED) is 0.671. The van der Waals surface area contributed by atoms with Crippen molar-refractivity contribution >= 4 is 34.2 Å². The standard InChI is InChI=1S/C21H27N5OS/c1-21(2,3)19-23-16-12-8-7-11-15(16)18-24-25-20(26(18)19)28-13-17(27)22-14-9-5-4-6-10-14/h7-8,11-12,14H,4-6,9-10,13H2,1-3H3,(H,22,27). The molecule has 1 saturated carbocycles. The number of thioether (sulfide) groups is 1. The molecule has 0 saturated heterocycles. The third-order valence-corrected chi connectivity index (χ3v) is 6.12. The van der Waals surface area contributed by atoms with Crippen molar-refractivity contribution in [3.63, 3.8) is 0 Å². The Morgan fingerprint density at radius 3 is 2.68 bits per heavy atom. The zero-order valence-corrected chi connectivity index (χ0v) is 17.6. The second-order valence-corrected chi connectivity index (χ2v) is 9.48. The van der Waals surface area contributed by atoms with E-state index in [9.17, 15) is 4.79 Å². The molecule has 1 N–H and O–H groups in total. The van der Waals surface area contributed by atoms with E-state index in [2.05, 4.69) is 36.3 Å². The number of carbonyl (C=O) groups is 1. The number of rotatable bonds is 4. The molecule has 3 aromatic rings. The van der Waals surface area contributed by atoms with Crippen LogP contribution in [0.2, 0.25) is 0 Å². The summed E-state index contributed by atoms with van der Waals surface area (Å²) in [7, 11) is 0. The van der Waals surface area contributed by atoms with Crippen molar-refractivity contribution in [1.29, 1.82) is 0 Å². The second kappa shape index (κ2) is 7.70. The predicted octanol–water partition coefficient (Wildman–Crippen LogP) is 4.12. The predicted molar refractivity (Wildman–Crippen MR) is 113 cm³/mol. The number of benzene rings is 1. The Hall–Kier alpha value is -2.15. The molecule has 6 nitrogen and oxygen atoms in total. The lowest BCUT2D eigenvalue weighted by molar-refractivity contribution is -0.119. The van der Waals surface area contributed by atoms with Gasteiger partial charge >= 0.3 is 0 Å². The van der Waals surface area contributed by atoms with Gasteiger partial charge in [-0.3, -0.25) is 9.20 Å². The lowest BCUT2D eigenvalue weighted by Crippen LogP contribution is -2.37. The highest BCUT2D eigenvalue weighted by atomic mass is 32.2. The van der Waals surface area contributed by atoms with E-state index in [0.29, 0.717) is 11.8 Å². The van der Waals surface area contributed by atoms with Crippen LogP contribution >= 0.6 is 11.8 Å². The summed E-state index contributed by atoms with van der Waals surface area (Å²) in [4.78, 5) is 17.3. The summed E-state index contributed by atoms with van der Waals surface area (Å²) < 4.78 is 2.01. The lowest BCUT2D eigenvalue weighted by atomic mass is 9.95. The molecule has 0 atom stereocenters. The Labute approximate surface area is 169 Å². The fourth-order valence-corrected chi connectivity index (χ4v) is 4.55. The van der Waals surface area contributed by atoms with Gasteiger partial charge in [0.15, 0.2) is 10.8 Å². The summed E-state index contributed by atoms with van der Waals surface area (Å²) in [6, 6.07) is 8.32. The Morgan fingerprint density at radius 1 is 1.18 bits per heavy atom. The molecule has 4 rings (SSSR count). The molecule has 0 radical (unpaired) electrons. The van der Waals surface area contributed by atoms with Crippen molar-refractivity contribution in [2.24, 2.45) is 0 Å². The van der Waals surface area contributed by atoms with E-state index in [0.717, 1.165) is 40.4 Å². The summed E-state index contributed by atoms with van der Waals surface area (Å²) in [5.74, 6) is 1.31. The molecule has 1 amide bonds. The Balaban J connectivity index is 1.62. The number of amides is 1. The van der Waals surface area contributed by atoms with Gasteiger partial charge in [0.05, 0.1) is 11.3 Å². The van der Waals surface area contributed by atoms with Crippen molar-refractivity contribution < 1.29 is 4.79 Å². The maximum absolute atomic E-state index is 12.4. The minimum absolute atomic E-state index is 0.0692. The van der Waals surface area contributed by atoms with Crippen LogP contribution in [0.5, 0.6) is 0 Å². The third kappa shape index (κ3) is 3.85. The smallest absolute Gasteiger partial charge is 0.230 e.